The number of ketones is 1. The highest BCUT2D eigenvalue weighted by Crippen LogP contribution is 2.57. The Labute approximate surface area is 102 Å². The van der Waals surface area contributed by atoms with Crippen LogP contribution in [0.15, 0.2) is 12.7 Å². The quantitative estimate of drug-likeness (QED) is 0.556. The molecule has 2 atom stereocenters. The van der Waals surface area contributed by atoms with Crippen molar-refractivity contribution in [1.82, 2.24) is 0 Å². The predicted molar refractivity (Wildman–Crippen MR) is 64.3 cm³/mol. The van der Waals surface area contributed by atoms with E-state index in [1.54, 1.807) is 6.08 Å². The van der Waals surface area contributed by atoms with Crippen LogP contribution in [0.25, 0.3) is 0 Å². The number of allylic oxidation sites excluding steroid dienone is 1. The summed E-state index contributed by atoms with van der Waals surface area (Å²) >= 11 is 0. The van der Waals surface area contributed by atoms with E-state index >= 15 is 0 Å². The Hall–Kier alpha value is -1.12. The maximum absolute atomic E-state index is 12.3. The van der Waals surface area contributed by atoms with E-state index in [2.05, 4.69) is 6.58 Å². The second-order valence-electron chi connectivity index (χ2n) is 5.17. The normalized spacial score (nSPS) is 35.7. The topological polar surface area (TPSA) is 43.4 Å². The summed E-state index contributed by atoms with van der Waals surface area (Å²) < 4.78 is 5.26. The summed E-state index contributed by atoms with van der Waals surface area (Å²) in [7, 11) is 0. The molecule has 0 N–H and O–H groups in total. The van der Waals surface area contributed by atoms with Gasteiger partial charge in [0, 0.05) is 12.8 Å². The highest BCUT2D eigenvalue weighted by atomic mass is 16.5. The molecule has 2 aliphatic carbocycles. The lowest BCUT2D eigenvalue weighted by molar-refractivity contribution is -0.164. The average molecular weight is 236 g/mol. The van der Waals surface area contributed by atoms with Crippen LogP contribution in [0.5, 0.6) is 0 Å². The first-order valence-electron chi connectivity index (χ1n) is 6.45. The standard InChI is InChI=1S/C14H20O3/c1-3-7-14(13(16)17-4-2)10-5-6-11(14)9-12(15)8-10/h3,10-11H,1,4-9H2,2H3. The fourth-order valence-electron chi connectivity index (χ4n) is 3.71. The number of rotatable bonds is 4. The Kier molecular flexibility index (Phi) is 3.36. The van der Waals surface area contributed by atoms with Gasteiger partial charge in [-0.05, 0) is 38.0 Å². The Morgan fingerprint density at radius 1 is 1.47 bits per heavy atom. The van der Waals surface area contributed by atoms with Gasteiger partial charge in [-0.2, -0.15) is 0 Å². The Bertz CT molecular complexity index is 329. The smallest absolute Gasteiger partial charge is 0.312 e. The molecule has 2 bridgehead atoms. The van der Waals surface area contributed by atoms with Gasteiger partial charge in [-0.25, -0.2) is 0 Å². The lowest BCUT2D eigenvalue weighted by Gasteiger charge is -2.40. The molecular formula is C14H20O3. The lowest BCUT2D eigenvalue weighted by atomic mass is 9.63. The minimum Gasteiger partial charge on any atom is -0.466 e. The first kappa shape index (κ1) is 12.3. The van der Waals surface area contributed by atoms with E-state index < -0.39 is 5.41 Å². The summed E-state index contributed by atoms with van der Waals surface area (Å²) in [6.45, 7) is 6.00. The molecule has 2 aliphatic rings. The first-order valence-corrected chi connectivity index (χ1v) is 6.45. The fraction of sp³-hybridized carbons (Fsp3) is 0.714. The number of hydrogen-bond acceptors (Lipinski definition) is 3. The Morgan fingerprint density at radius 3 is 2.53 bits per heavy atom. The molecule has 0 aromatic carbocycles. The molecule has 2 saturated carbocycles. The summed E-state index contributed by atoms with van der Waals surface area (Å²) in [5, 5.41) is 0. The number of carbonyl (C=O) groups excluding carboxylic acids is 2. The molecule has 2 rings (SSSR count). The Balaban J connectivity index is 2.31. The van der Waals surface area contributed by atoms with Crippen LogP contribution in [0.1, 0.15) is 39.0 Å². The van der Waals surface area contributed by atoms with Crippen molar-refractivity contribution in [3.8, 4) is 0 Å². The van der Waals surface area contributed by atoms with Crippen LogP contribution in [0, 0.1) is 17.3 Å². The van der Waals surface area contributed by atoms with E-state index in [1.807, 2.05) is 6.92 Å². The van der Waals surface area contributed by atoms with Gasteiger partial charge in [0.25, 0.3) is 0 Å². The van der Waals surface area contributed by atoms with E-state index in [0.717, 1.165) is 12.8 Å². The third-order valence-electron chi connectivity index (χ3n) is 4.41. The molecule has 3 heteroatoms. The fourth-order valence-corrected chi connectivity index (χ4v) is 3.71. The second kappa shape index (κ2) is 4.63. The van der Waals surface area contributed by atoms with Gasteiger partial charge >= 0.3 is 5.97 Å². The molecule has 17 heavy (non-hydrogen) atoms. The number of carbonyl (C=O) groups is 2. The maximum atomic E-state index is 12.3. The third kappa shape index (κ3) is 1.81. The van der Waals surface area contributed by atoms with Crippen molar-refractivity contribution in [3.05, 3.63) is 12.7 Å². The maximum Gasteiger partial charge on any atom is 0.312 e. The zero-order valence-electron chi connectivity index (χ0n) is 10.4. The van der Waals surface area contributed by atoms with Gasteiger partial charge in [0.1, 0.15) is 5.78 Å². The predicted octanol–water partition coefficient (Wildman–Crippen LogP) is 2.50. The number of Topliss-reactive ketones (excluding diaryl/α,β-unsaturated/α-hetero) is 1. The summed E-state index contributed by atoms with van der Waals surface area (Å²) in [6, 6.07) is 0. The monoisotopic (exact) mass is 236 g/mol. The molecule has 3 nitrogen and oxygen atoms in total. The van der Waals surface area contributed by atoms with Crippen molar-refractivity contribution in [2.24, 2.45) is 17.3 Å². The van der Waals surface area contributed by atoms with Gasteiger partial charge in [-0.1, -0.05) is 6.08 Å². The van der Waals surface area contributed by atoms with Gasteiger partial charge in [0.2, 0.25) is 0 Å². The van der Waals surface area contributed by atoms with Gasteiger partial charge < -0.3 is 4.74 Å². The Morgan fingerprint density at radius 2 is 2.06 bits per heavy atom. The number of ether oxygens (including phenoxy) is 1. The molecule has 0 amide bonds. The van der Waals surface area contributed by atoms with Gasteiger partial charge in [0.15, 0.2) is 0 Å². The minimum absolute atomic E-state index is 0.111. The molecule has 2 unspecified atom stereocenters. The van der Waals surface area contributed by atoms with E-state index in [0.29, 0.717) is 31.7 Å². The highest BCUT2D eigenvalue weighted by molar-refractivity contribution is 5.86. The van der Waals surface area contributed by atoms with E-state index in [4.69, 9.17) is 4.74 Å². The highest BCUT2D eigenvalue weighted by Gasteiger charge is 2.58. The van der Waals surface area contributed by atoms with Crippen LogP contribution < -0.4 is 0 Å². The van der Waals surface area contributed by atoms with Crippen LogP contribution in [0.4, 0.5) is 0 Å². The van der Waals surface area contributed by atoms with Crippen molar-refractivity contribution < 1.29 is 14.3 Å². The molecule has 94 valence electrons. The van der Waals surface area contributed by atoms with Crippen molar-refractivity contribution in [2.75, 3.05) is 6.61 Å². The molecular weight excluding hydrogens is 216 g/mol. The van der Waals surface area contributed by atoms with E-state index in [-0.39, 0.29) is 17.8 Å². The van der Waals surface area contributed by atoms with Crippen molar-refractivity contribution in [2.45, 2.75) is 39.0 Å². The third-order valence-corrected chi connectivity index (χ3v) is 4.41. The number of esters is 1. The molecule has 0 aliphatic heterocycles. The molecule has 0 heterocycles. The van der Waals surface area contributed by atoms with E-state index in [1.165, 1.54) is 0 Å². The van der Waals surface area contributed by atoms with Crippen LogP contribution in [-0.4, -0.2) is 18.4 Å². The summed E-state index contributed by atoms with van der Waals surface area (Å²) in [5.41, 5.74) is -0.453. The molecule has 2 fully saturated rings. The number of hydrogen-bond donors (Lipinski definition) is 0. The molecule has 0 saturated heterocycles. The average Bonchev–Trinajstić information content (AvgIpc) is 2.48. The minimum atomic E-state index is -0.453. The van der Waals surface area contributed by atoms with Crippen molar-refractivity contribution in [3.63, 3.8) is 0 Å². The lowest BCUT2D eigenvalue weighted by Crippen LogP contribution is -2.45. The second-order valence-corrected chi connectivity index (χ2v) is 5.17. The summed E-state index contributed by atoms with van der Waals surface area (Å²) in [5.74, 6) is 0.540. The SMILES string of the molecule is C=CCC1(C(=O)OCC)C2CCC1CC(=O)C2. The summed E-state index contributed by atoms with van der Waals surface area (Å²) in [4.78, 5) is 23.9. The molecule has 0 spiro atoms. The van der Waals surface area contributed by atoms with Gasteiger partial charge in [-0.3, -0.25) is 9.59 Å². The number of fused-ring (bicyclic) bond motifs is 2. The molecule has 0 aromatic heterocycles. The van der Waals surface area contributed by atoms with Gasteiger partial charge in [0.05, 0.1) is 12.0 Å². The van der Waals surface area contributed by atoms with Crippen LogP contribution in [0.2, 0.25) is 0 Å². The van der Waals surface area contributed by atoms with Gasteiger partial charge in [-0.15, -0.1) is 6.58 Å². The van der Waals surface area contributed by atoms with Crippen molar-refractivity contribution >= 4 is 11.8 Å². The van der Waals surface area contributed by atoms with E-state index in [9.17, 15) is 9.59 Å². The largest absolute Gasteiger partial charge is 0.466 e. The van der Waals surface area contributed by atoms with Crippen LogP contribution >= 0.6 is 0 Å². The molecule has 0 aromatic rings. The summed E-state index contributed by atoms with van der Waals surface area (Å²) in [6.07, 6.45) is 5.49. The molecule has 0 radical (unpaired) electrons. The zero-order valence-corrected chi connectivity index (χ0v) is 10.4. The van der Waals surface area contributed by atoms with Crippen molar-refractivity contribution in [1.29, 1.82) is 0 Å². The zero-order chi connectivity index (χ0) is 12.5. The first-order chi connectivity index (χ1) is 8.15. The van der Waals surface area contributed by atoms with Crippen LogP contribution in [-0.2, 0) is 14.3 Å². The van der Waals surface area contributed by atoms with Crippen LogP contribution in [0.3, 0.4) is 0 Å².